The monoisotopic (exact) mass is 206 g/mol. The van der Waals surface area contributed by atoms with Crippen LogP contribution in [-0.2, 0) is 9.16 Å². The van der Waals surface area contributed by atoms with E-state index in [2.05, 4.69) is 5.94 Å². The van der Waals surface area contributed by atoms with E-state index in [-0.39, 0.29) is 0 Å². The lowest BCUT2D eigenvalue weighted by Gasteiger charge is -2.01. The first kappa shape index (κ1) is 9.13. The number of rotatable bonds is 1. The van der Waals surface area contributed by atoms with Gasteiger partial charge in [0.05, 0.1) is 4.53 Å². The van der Waals surface area contributed by atoms with Crippen LogP contribution in [0.4, 0.5) is 0 Å². The molecular formula is C11H10O2S. The molecule has 0 fully saturated rings. The molecule has 0 saturated carbocycles. The van der Waals surface area contributed by atoms with E-state index < -0.39 is 0 Å². The highest BCUT2D eigenvalue weighted by atomic mass is 32.1. The Kier molecular flexibility index (Phi) is 2.73. The third-order valence-electron chi connectivity index (χ3n) is 1.69. The van der Waals surface area contributed by atoms with E-state index in [4.69, 9.17) is 9.16 Å². The van der Waals surface area contributed by atoms with Gasteiger partial charge in [-0.1, -0.05) is 6.61 Å². The van der Waals surface area contributed by atoms with Gasteiger partial charge in [-0.05, 0) is 12.1 Å². The predicted octanol–water partition coefficient (Wildman–Crippen LogP) is 0.663. The van der Waals surface area contributed by atoms with Crippen molar-refractivity contribution in [3.63, 3.8) is 0 Å². The molecule has 2 rings (SSSR count). The molecule has 0 unspecified atom stereocenters. The maximum Gasteiger partial charge on any atom is 0.363 e. The van der Waals surface area contributed by atoms with Gasteiger partial charge in [0, 0.05) is 12.7 Å². The lowest BCUT2D eigenvalue weighted by molar-refractivity contribution is 0.127. The first-order valence-electron chi connectivity index (χ1n) is 4.41. The first-order valence-corrected chi connectivity index (χ1v) is 5.23. The van der Waals surface area contributed by atoms with Crippen LogP contribution in [0.2, 0.25) is 0 Å². The summed E-state index contributed by atoms with van der Waals surface area (Å²) in [5.41, 5.74) is 0. The number of ether oxygens (including phenoxy) is 1. The van der Waals surface area contributed by atoms with E-state index in [0.29, 0.717) is 6.61 Å². The molecule has 0 aromatic carbocycles. The van der Waals surface area contributed by atoms with Crippen molar-refractivity contribution in [2.45, 2.75) is 6.92 Å². The van der Waals surface area contributed by atoms with Gasteiger partial charge in [-0.3, -0.25) is 0 Å². The molecule has 72 valence electrons. The summed E-state index contributed by atoms with van der Waals surface area (Å²) in [6.45, 7) is 4.26. The summed E-state index contributed by atoms with van der Waals surface area (Å²) in [6.07, 6.45) is 3.82. The number of hydrogen-bond donors (Lipinski definition) is 0. The van der Waals surface area contributed by atoms with Gasteiger partial charge in [0.1, 0.15) is 0 Å². The molecule has 0 N–H and O–H groups in total. The molecule has 0 bridgehead atoms. The minimum absolute atomic E-state index is 0.647. The van der Waals surface area contributed by atoms with E-state index in [9.17, 15) is 0 Å². The third kappa shape index (κ3) is 1.90. The van der Waals surface area contributed by atoms with Crippen molar-refractivity contribution >= 4 is 23.0 Å². The largest absolute Gasteiger partial charge is 0.567 e. The molecule has 0 saturated heterocycles. The zero-order chi connectivity index (χ0) is 9.80. The zero-order valence-electron chi connectivity index (χ0n) is 7.82. The van der Waals surface area contributed by atoms with Crippen LogP contribution in [0.5, 0.6) is 0 Å². The summed E-state index contributed by atoms with van der Waals surface area (Å²) >= 11 is 1.60. The maximum absolute atomic E-state index is 5.28. The molecule has 14 heavy (non-hydrogen) atoms. The predicted molar refractivity (Wildman–Crippen MR) is 56.8 cm³/mol. The number of hydrogen-bond acceptors (Lipinski definition) is 2. The SMILES string of the molecule is CC[O+]=C=c1ccc(=C2C=C[CH-]O2)s1. The van der Waals surface area contributed by atoms with E-state index in [1.807, 2.05) is 31.2 Å². The molecule has 1 aliphatic rings. The average Bonchev–Trinajstić information content (AvgIpc) is 2.85. The van der Waals surface area contributed by atoms with Crippen molar-refractivity contribution in [3.05, 3.63) is 40.0 Å². The van der Waals surface area contributed by atoms with Crippen molar-refractivity contribution in [3.8, 4) is 0 Å². The van der Waals surface area contributed by atoms with Gasteiger partial charge in [-0.15, -0.1) is 11.3 Å². The fourth-order valence-corrected chi connectivity index (χ4v) is 1.91. The van der Waals surface area contributed by atoms with E-state index in [1.54, 1.807) is 17.9 Å². The molecule has 1 aromatic rings. The van der Waals surface area contributed by atoms with Crippen LogP contribution in [0.1, 0.15) is 6.92 Å². The van der Waals surface area contributed by atoms with Crippen LogP contribution in [0.25, 0.3) is 5.76 Å². The van der Waals surface area contributed by atoms with E-state index in [0.717, 1.165) is 14.8 Å². The lowest BCUT2D eigenvalue weighted by atomic mass is 10.4. The standard InChI is InChI=1S/C11H10O2S/c1-2-12-8-9-5-6-11(14-9)10-4-3-7-13-10/h3-7H,2H2,1H3. The van der Waals surface area contributed by atoms with Crippen LogP contribution in [0.15, 0.2) is 24.3 Å². The summed E-state index contributed by atoms with van der Waals surface area (Å²) in [5, 5.41) is 0. The summed E-state index contributed by atoms with van der Waals surface area (Å²) < 4.78 is 12.4. The molecule has 1 aromatic heterocycles. The Morgan fingerprint density at radius 1 is 1.57 bits per heavy atom. The minimum atomic E-state index is 0.647. The molecule has 3 heteroatoms. The highest BCUT2D eigenvalue weighted by Crippen LogP contribution is 2.09. The Hall–Kier alpha value is -1.44. The molecule has 0 atom stereocenters. The molecular weight excluding hydrogens is 196 g/mol. The summed E-state index contributed by atoms with van der Waals surface area (Å²) in [5.74, 6) is 3.74. The van der Waals surface area contributed by atoms with Gasteiger partial charge in [0.15, 0.2) is 4.53 Å². The average molecular weight is 206 g/mol. The van der Waals surface area contributed by atoms with Gasteiger partial charge in [0.25, 0.3) is 6.61 Å². The second kappa shape index (κ2) is 4.18. The van der Waals surface area contributed by atoms with Crippen molar-refractivity contribution in [2.24, 2.45) is 0 Å². The molecule has 0 radical (unpaired) electrons. The second-order valence-electron chi connectivity index (χ2n) is 2.68. The first-order chi connectivity index (χ1) is 6.90. The van der Waals surface area contributed by atoms with Gasteiger partial charge in [-0.2, -0.15) is 12.2 Å². The Bertz CT molecular complexity index is 490. The highest BCUT2D eigenvalue weighted by Gasteiger charge is 1.95. The van der Waals surface area contributed by atoms with Gasteiger partial charge >= 0.3 is 5.94 Å². The normalized spacial score (nSPS) is 17.2. The Morgan fingerprint density at radius 2 is 2.50 bits per heavy atom. The fourth-order valence-electron chi connectivity index (χ4n) is 1.09. The summed E-state index contributed by atoms with van der Waals surface area (Å²) in [6, 6.07) is 3.98. The quantitative estimate of drug-likeness (QED) is 0.488. The Balaban J connectivity index is 2.49. The summed E-state index contributed by atoms with van der Waals surface area (Å²) in [4.78, 5) is 0. The third-order valence-corrected chi connectivity index (χ3v) is 2.68. The van der Waals surface area contributed by atoms with Gasteiger partial charge in [0.2, 0.25) is 0 Å². The minimum Gasteiger partial charge on any atom is -0.567 e. The van der Waals surface area contributed by atoms with Crippen LogP contribution in [0, 0.1) is 6.61 Å². The van der Waals surface area contributed by atoms with Crippen molar-refractivity contribution in [1.29, 1.82) is 0 Å². The fraction of sp³-hybridized carbons (Fsp3) is 0.182. The molecule has 1 aliphatic heterocycles. The second-order valence-corrected chi connectivity index (χ2v) is 3.76. The molecule has 0 amide bonds. The zero-order valence-corrected chi connectivity index (χ0v) is 8.64. The van der Waals surface area contributed by atoms with Crippen molar-refractivity contribution in [1.82, 2.24) is 0 Å². The van der Waals surface area contributed by atoms with E-state index in [1.165, 1.54) is 0 Å². The number of thiophene rings is 1. The Morgan fingerprint density at radius 3 is 3.21 bits per heavy atom. The molecule has 2 heterocycles. The van der Waals surface area contributed by atoms with Gasteiger partial charge < -0.3 is 4.74 Å². The molecule has 0 spiro atoms. The van der Waals surface area contributed by atoms with Crippen LogP contribution in [0.3, 0.4) is 0 Å². The van der Waals surface area contributed by atoms with Gasteiger partial charge in [-0.25, -0.2) is 4.42 Å². The van der Waals surface area contributed by atoms with Crippen molar-refractivity contribution in [2.75, 3.05) is 6.61 Å². The van der Waals surface area contributed by atoms with Crippen LogP contribution >= 0.6 is 11.3 Å². The van der Waals surface area contributed by atoms with Crippen molar-refractivity contribution < 1.29 is 9.16 Å². The smallest absolute Gasteiger partial charge is 0.363 e. The molecule has 0 aliphatic carbocycles. The maximum atomic E-state index is 5.28. The van der Waals surface area contributed by atoms with E-state index >= 15 is 0 Å². The topological polar surface area (TPSA) is 20.5 Å². The van der Waals surface area contributed by atoms with Crippen LogP contribution in [-0.4, -0.2) is 12.5 Å². The highest BCUT2D eigenvalue weighted by molar-refractivity contribution is 7.08. The number of carbonyl (C=O) groups excluding carboxylic acids is 1. The van der Waals surface area contributed by atoms with Crippen LogP contribution < -0.4 is 9.06 Å². The Labute approximate surface area is 86.1 Å². The summed E-state index contributed by atoms with van der Waals surface area (Å²) in [7, 11) is 0. The lowest BCUT2D eigenvalue weighted by Crippen LogP contribution is -1.99. The molecule has 2 nitrogen and oxygen atoms in total.